The fraction of sp³-hybridized carbons (Fsp3) is 0.417. The average Bonchev–Trinajstić information content (AvgIpc) is 3.11. The highest BCUT2D eigenvalue weighted by Gasteiger charge is 2.28. The Morgan fingerprint density at radius 2 is 1.94 bits per heavy atom. The molecule has 0 aliphatic heterocycles. The lowest BCUT2D eigenvalue weighted by molar-refractivity contribution is 0.791. The third-order valence-corrected chi connectivity index (χ3v) is 3.82. The van der Waals surface area contributed by atoms with E-state index in [2.05, 4.69) is 15.1 Å². The molecule has 0 aromatic carbocycles. The van der Waals surface area contributed by atoms with E-state index in [1.165, 1.54) is 0 Å². The van der Waals surface area contributed by atoms with Crippen molar-refractivity contribution in [2.45, 2.75) is 32.6 Å². The zero-order valence-corrected chi connectivity index (χ0v) is 11.6. The summed E-state index contributed by atoms with van der Waals surface area (Å²) in [5, 5.41) is 5.45. The van der Waals surface area contributed by atoms with Crippen molar-refractivity contribution in [2.24, 2.45) is 0 Å². The Kier molecular flexibility index (Phi) is 2.79. The van der Waals surface area contributed by atoms with Crippen LogP contribution in [0.25, 0.3) is 5.82 Å². The van der Waals surface area contributed by atoms with Gasteiger partial charge < -0.3 is 0 Å². The minimum absolute atomic E-state index is 0.453. The molecule has 1 aliphatic carbocycles. The molecule has 6 heteroatoms. The quantitative estimate of drug-likeness (QED) is 0.793. The van der Waals surface area contributed by atoms with Crippen LogP contribution >= 0.6 is 23.2 Å². The first-order valence-electron chi connectivity index (χ1n) is 5.82. The van der Waals surface area contributed by atoms with E-state index >= 15 is 0 Å². The van der Waals surface area contributed by atoms with Gasteiger partial charge in [0.1, 0.15) is 11.0 Å². The van der Waals surface area contributed by atoms with E-state index in [4.69, 9.17) is 23.2 Å². The Morgan fingerprint density at radius 1 is 1.22 bits per heavy atom. The van der Waals surface area contributed by atoms with Gasteiger partial charge in [0, 0.05) is 11.5 Å². The number of hydrogen-bond acceptors (Lipinski definition) is 3. The smallest absolute Gasteiger partial charge is 0.161 e. The molecule has 1 fully saturated rings. The lowest BCUT2D eigenvalue weighted by Gasteiger charge is -2.08. The molecule has 0 spiro atoms. The standard InChI is InChI=1S/C12H12Cl2N4/c1-6-10(14)15-11(8-3-4-8)16-12(6)18-5-9(13)7(2)17-18/h5,8H,3-4H2,1-2H3. The maximum atomic E-state index is 6.16. The van der Waals surface area contributed by atoms with Crippen LogP contribution in [0.3, 0.4) is 0 Å². The molecule has 94 valence electrons. The highest BCUT2D eigenvalue weighted by molar-refractivity contribution is 6.31. The number of nitrogens with zero attached hydrogens (tertiary/aromatic N) is 4. The monoisotopic (exact) mass is 282 g/mol. The highest BCUT2D eigenvalue weighted by Crippen LogP contribution is 2.39. The van der Waals surface area contributed by atoms with E-state index in [0.717, 1.165) is 29.9 Å². The summed E-state index contributed by atoms with van der Waals surface area (Å²) in [6.07, 6.45) is 4.02. The second kappa shape index (κ2) is 4.21. The normalized spacial score (nSPS) is 15.1. The highest BCUT2D eigenvalue weighted by atomic mass is 35.5. The lowest BCUT2D eigenvalue weighted by atomic mass is 10.3. The summed E-state index contributed by atoms with van der Waals surface area (Å²) in [4.78, 5) is 8.90. The summed E-state index contributed by atoms with van der Waals surface area (Å²) < 4.78 is 1.67. The van der Waals surface area contributed by atoms with E-state index < -0.39 is 0 Å². The van der Waals surface area contributed by atoms with Crippen molar-refractivity contribution in [3.05, 3.63) is 33.5 Å². The molecular weight excluding hydrogens is 271 g/mol. The van der Waals surface area contributed by atoms with E-state index in [0.29, 0.717) is 21.9 Å². The summed E-state index contributed by atoms with van der Waals surface area (Å²) in [5.74, 6) is 1.98. The molecule has 0 atom stereocenters. The summed E-state index contributed by atoms with van der Waals surface area (Å²) in [6.45, 7) is 3.75. The van der Waals surface area contributed by atoms with Crippen LogP contribution < -0.4 is 0 Å². The van der Waals surface area contributed by atoms with Crippen LogP contribution in [0, 0.1) is 13.8 Å². The van der Waals surface area contributed by atoms with Gasteiger partial charge in [0.25, 0.3) is 0 Å². The van der Waals surface area contributed by atoms with Crippen molar-refractivity contribution in [3.8, 4) is 5.82 Å². The molecule has 2 aromatic heterocycles. The van der Waals surface area contributed by atoms with Gasteiger partial charge in [-0.2, -0.15) is 5.10 Å². The maximum Gasteiger partial charge on any atom is 0.161 e. The van der Waals surface area contributed by atoms with Crippen LogP contribution in [-0.2, 0) is 0 Å². The van der Waals surface area contributed by atoms with Crippen LogP contribution in [0.4, 0.5) is 0 Å². The average molecular weight is 283 g/mol. The summed E-state index contributed by atoms with van der Waals surface area (Å²) in [6, 6.07) is 0. The van der Waals surface area contributed by atoms with Gasteiger partial charge in [-0.15, -0.1) is 0 Å². The van der Waals surface area contributed by atoms with Crippen molar-refractivity contribution in [3.63, 3.8) is 0 Å². The molecule has 1 aliphatic rings. The SMILES string of the molecule is Cc1nn(-c2nc(C3CC3)nc(Cl)c2C)cc1Cl. The number of hydrogen-bond donors (Lipinski definition) is 0. The minimum Gasteiger partial charge on any atom is -0.220 e. The lowest BCUT2D eigenvalue weighted by Crippen LogP contribution is -2.06. The van der Waals surface area contributed by atoms with Crippen molar-refractivity contribution in [1.29, 1.82) is 0 Å². The number of aromatic nitrogens is 4. The van der Waals surface area contributed by atoms with Gasteiger partial charge in [0.2, 0.25) is 0 Å². The van der Waals surface area contributed by atoms with Crippen LogP contribution in [0.1, 0.15) is 35.8 Å². The Hall–Kier alpha value is -1.13. The van der Waals surface area contributed by atoms with E-state index in [9.17, 15) is 0 Å². The van der Waals surface area contributed by atoms with Crippen LogP contribution in [0.2, 0.25) is 10.2 Å². The molecule has 0 amide bonds. The molecular formula is C12H12Cl2N4. The summed E-state index contributed by atoms with van der Waals surface area (Å²) >= 11 is 12.2. The van der Waals surface area contributed by atoms with E-state index in [1.54, 1.807) is 10.9 Å². The zero-order valence-electron chi connectivity index (χ0n) is 10.1. The molecule has 0 unspecified atom stereocenters. The largest absolute Gasteiger partial charge is 0.220 e. The Morgan fingerprint density at radius 3 is 2.50 bits per heavy atom. The second-order valence-corrected chi connectivity index (χ2v) is 5.37. The maximum absolute atomic E-state index is 6.16. The van der Waals surface area contributed by atoms with Crippen molar-refractivity contribution >= 4 is 23.2 Å². The van der Waals surface area contributed by atoms with Gasteiger partial charge in [0.15, 0.2) is 5.82 Å². The van der Waals surface area contributed by atoms with Crippen LogP contribution in [0.5, 0.6) is 0 Å². The van der Waals surface area contributed by atoms with Crippen molar-refractivity contribution in [2.75, 3.05) is 0 Å². The van der Waals surface area contributed by atoms with Gasteiger partial charge in [-0.1, -0.05) is 23.2 Å². The molecule has 0 bridgehead atoms. The third-order valence-electron chi connectivity index (χ3n) is 3.08. The minimum atomic E-state index is 0.453. The topological polar surface area (TPSA) is 43.6 Å². The zero-order chi connectivity index (χ0) is 12.9. The number of halogens is 2. The van der Waals surface area contributed by atoms with Crippen molar-refractivity contribution < 1.29 is 0 Å². The van der Waals surface area contributed by atoms with E-state index in [-0.39, 0.29) is 0 Å². The van der Waals surface area contributed by atoms with Crippen molar-refractivity contribution in [1.82, 2.24) is 19.7 Å². The fourth-order valence-corrected chi connectivity index (χ4v) is 2.09. The van der Waals surface area contributed by atoms with Gasteiger partial charge in [-0.3, -0.25) is 0 Å². The van der Waals surface area contributed by atoms with Gasteiger partial charge >= 0.3 is 0 Å². The fourth-order valence-electron chi connectivity index (χ4n) is 1.79. The van der Waals surface area contributed by atoms with Gasteiger partial charge in [0.05, 0.1) is 16.9 Å². The predicted octanol–water partition coefficient (Wildman–Crippen LogP) is 3.46. The Balaban J connectivity index is 2.14. The molecule has 4 nitrogen and oxygen atoms in total. The number of rotatable bonds is 2. The molecule has 3 rings (SSSR count). The number of aryl methyl sites for hydroxylation is 1. The molecule has 2 aromatic rings. The molecule has 2 heterocycles. The molecule has 0 N–H and O–H groups in total. The summed E-state index contributed by atoms with van der Waals surface area (Å²) in [7, 11) is 0. The molecule has 0 saturated heterocycles. The predicted molar refractivity (Wildman–Crippen MR) is 70.6 cm³/mol. The first-order valence-corrected chi connectivity index (χ1v) is 6.58. The molecule has 0 radical (unpaired) electrons. The third kappa shape index (κ3) is 1.99. The molecule has 18 heavy (non-hydrogen) atoms. The van der Waals surface area contributed by atoms with Crippen LogP contribution in [0.15, 0.2) is 6.20 Å². The van der Waals surface area contributed by atoms with E-state index in [1.807, 2.05) is 13.8 Å². The second-order valence-electron chi connectivity index (χ2n) is 4.60. The first kappa shape index (κ1) is 11.9. The van der Waals surface area contributed by atoms with Gasteiger partial charge in [-0.05, 0) is 26.7 Å². The van der Waals surface area contributed by atoms with Crippen LogP contribution in [-0.4, -0.2) is 19.7 Å². The summed E-state index contributed by atoms with van der Waals surface area (Å²) in [5.41, 5.74) is 1.60. The molecule has 1 saturated carbocycles. The van der Waals surface area contributed by atoms with Gasteiger partial charge in [-0.25, -0.2) is 14.6 Å². The Bertz CT molecular complexity index is 597. The first-order chi connectivity index (χ1) is 8.56. The Labute approximate surface area is 115 Å².